The first-order chi connectivity index (χ1) is 19.8. The van der Waals surface area contributed by atoms with E-state index in [0.29, 0.717) is 49.7 Å². The summed E-state index contributed by atoms with van der Waals surface area (Å²) in [5, 5.41) is 6.90. The monoisotopic (exact) mass is 594 g/mol. The number of nitrogens with two attached hydrogens (primary N) is 1. The van der Waals surface area contributed by atoms with Crippen molar-refractivity contribution in [3.05, 3.63) is 70.2 Å². The molecule has 3 atom stereocenters. The molecule has 4 N–H and O–H groups in total. The number of likely N-dealkylation sites (tertiary alicyclic amines) is 1. The molecule has 42 heavy (non-hydrogen) atoms. The number of halogens is 1. The smallest absolute Gasteiger partial charge is 0.245 e. The van der Waals surface area contributed by atoms with Crippen LogP contribution in [0.1, 0.15) is 83.0 Å². The normalized spacial score (nSPS) is 20.9. The van der Waals surface area contributed by atoms with E-state index in [2.05, 4.69) is 30.5 Å². The predicted octanol–water partition coefficient (Wildman–Crippen LogP) is 5.20. The van der Waals surface area contributed by atoms with Gasteiger partial charge in [0.2, 0.25) is 17.7 Å². The van der Waals surface area contributed by atoms with Gasteiger partial charge in [-0.2, -0.15) is 0 Å². The molecule has 8 heteroatoms. The zero-order valence-corrected chi connectivity index (χ0v) is 26.5. The fraction of sp³-hybridized carbons (Fsp3) is 0.559. The van der Waals surface area contributed by atoms with Gasteiger partial charge in [-0.25, -0.2) is 0 Å². The average molecular weight is 595 g/mol. The van der Waals surface area contributed by atoms with Crippen LogP contribution in [0.3, 0.4) is 0 Å². The van der Waals surface area contributed by atoms with Crippen molar-refractivity contribution in [3.63, 3.8) is 0 Å². The Bertz CT molecular complexity index is 1260. The van der Waals surface area contributed by atoms with E-state index in [4.69, 9.17) is 17.3 Å². The number of piperidine rings is 1. The third kappa shape index (κ3) is 7.73. The molecule has 2 aromatic rings. The second-order valence-corrected chi connectivity index (χ2v) is 14.1. The Morgan fingerprint density at radius 3 is 2.31 bits per heavy atom. The molecule has 2 unspecified atom stereocenters. The molecule has 0 saturated carbocycles. The van der Waals surface area contributed by atoms with Gasteiger partial charge in [0.05, 0.1) is 11.3 Å². The van der Waals surface area contributed by atoms with Gasteiger partial charge >= 0.3 is 0 Å². The number of nitrogens with one attached hydrogen (secondary N) is 2. The van der Waals surface area contributed by atoms with Crippen molar-refractivity contribution in [2.24, 2.45) is 23.0 Å². The molecule has 0 spiro atoms. The Morgan fingerprint density at radius 2 is 1.69 bits per heavy atom. The third-order valence-corrected chi connectivity index (χ3v) is 8.93. The number of carbonyl (C=O) groups is 3. The van der Waals surface area contributed by atoms with Gasteiger partial charge in [0, 0.05) is 36.1 Å². The van der Waals surface area contributed by atoms with Crippen LogP contribution in [0.2, 0.25) is 5.02 Å². The largest absolute Gasteiger partial charge is 0.351 e. The predicted molar refractivity (Wildman–Crippen MR) is 168 cm³/mol. The van der Waals surface area contributed by atoms with Crippen molar-refractivity contribution in [3.8, 4) is 0 Å². The molecule has 1 aliphatic carbocycles. The van der Waals surface area contributed by atoms with E-state index in [9.17, 15) is 14.4 Å². The van der Waals surface area contributed by atoms with Gasteiger partial charge in [-0.1, -0.05) is 61.8 Å². The van der Waals surface area contributed by atoms with E-state index in [-0.39, 0.29) is 23.3 Å². The number of aryl methyl sites for hydroxylation is 1. The van der Waals surface area contributed by atoms with Crippen LogP contribution in [0, 0.1) is 17.3 Å². The summed E-state index contributed by atoms with van der Waals surface area (Å²) in [6.07, 6.45) is 3.70. The molecule has 2 aliphatic rings. The van der Waals surface area contributed by atoms with Crippen LogP contribution in [0.5, 0.6) is 0 Å². The number of fused-ring (bicyclic) bond motifs is 1. The number of nitrogens with zero attached hydrogens (tertiary/aromatic N) is 1. The Kier molecular flexibility index (Phi) is 10.0. The lowest BCUT2D eigenvalue weighted by molar-refractivity contribution is -0.144. The molecule has 1 heterocycles. The van der Waals surface area contributed by atoms with Crippen molar-refractivity contribution in [1.29, 1.82) is 0 Å². The molecule has 228 valence electrons. The highest BCUT2D eigenvalue weighted by Crippen LogP contribution is 2.39. The average Bonchev–Trinajstić information content (AvgIpc) is 2.93. The van der Waals surface area contributed by atoms with Crippen LogP contribution in [0.4, 0.5) is 0 Å². The van der Waals surface area contributed by atoms with Crippen molar-refractivity contribution in [1.82, 2.24) is 15.5 Å². The van der Waals surface area contributed by atoms with Crippen molar-refractivity contribution < 1.29 is 14.4 Å². The summed E-state index contributed by atoms with van der Waals surface area (Å²) in [5.74, 6) is -0.327. The Hall–Kier alpha value is -2.90. The first-order valence-corrected chi connectivity index (χ1v) is 15.7. The maximum Gasteiger partial charge on any atom is 0.245 e. The van der Waals surface area contributed by atoms with Gasteiger partial charge in [-0.3, -0.25) is 14.4 Å². The Balaban J connectivity index is 1.51. The quantitative estimate of drug-likeness (QED) is 0.391. The molecule has 0 aromatic heterocycles. The standard InChI is InChI=1S/C34H47ClN4O3/c1-22(2)21-34(32(42)38-33(3,4)5)16-18-39(19-17-34)31(41)28(20-23-10-13-25(35)14-11-23)37-30(40)27-15-12-24-8-6-7-9-26(24)29(27)36/h6-11,13-14,22,27-29H,12,15-21,36H2,1-5H3,(H,37,40)(H,38,42)/t27?,28-,29?/m1/s1. The minimum Gasteiger partial charge on any atom is -0.351 e. The van der Waals surface area contributed by atoms with E-state index in [0.717, 1.165) is 24.0 Å². The van der Waals surface area contributed by atoms with Gasteiger partial charge in [0.15, 0.2) is 0 Å². The topological polar surface area (TPSA) is 105 Å². The molecule has 1 aliphatic heterocycles. The molecule has 1 fully saturated rings. The van der Waals surface area contributed by atoms with E-state index < -0.39 is 23.4 Å². The van der Waals surface area contributed by atoms with Crippen molar-refractivity contribution >= 4 is 29.3 Å². The first kappa shape index (κ1) is 32.0. The SMILES string of the molecule is CC(C)CC1(C(=O)NC(C)(C)C)CCN(C(=O)[C@@H](Cc2ccc(Cl)cc2)NC(=O)C2CCc3ccccc3C2N)CC1. The molecule has 7 nitrogen and oxygen atoms in total. The highest BCUT2D eigenvalue weighted by Gasteiger charge is 2.44. The van der Waals surface area contributed by atoms with Crippen LogP contribution in [-0.2, 0) is 27.2 Å². The minimum atomic E-state index is -0.746. The fourth-order valence-corrected chi connectivity index (χ4v) is 6.70. The third-order valence-electron chi connectivity index (χ3n) is 8.68. The maximum atomic E-state index is 14.1. The van der Waals surface area contributed by atoms with E-state index >= 15 is 0 Å². The number of benzene rings is 2. The van der Waals surface area contributed by atoms with Crippen LogP contribution in [-0.4, -0.2) is 47.3 Å². The highest BCUT2D eigenvalue weighted by atomic mass is 35.5. The minimum absolute atomic E-state index is 0.0633. The number of hydrogen-bond donors (Lipinski definition) is 3. The van der Waals surface area contributed by atoms with Crippen molar-refractivity contribution in [2.45, 2.75) is 90.8 Å². The molecule has 1 saturated heterocycles. The summed E-state index contributed by atoms with van der Waals surface area (Å²) in [5.41, 5.74) is 8.82. The molecular weight excluding hydrogens is 548 g/mol. The van der Waals surface area contributed by atoms with Gasteiger partial charge in [-0.15, -0.1) is 0 Å². The lowest BCUT2D eigenvalue weighted by Crippen LogP contribution is -2.57. The number of rotatable bonds is 8. The van der Waals surface area contributed by atoms with Gasteiger partial charge < -0.3 is 21.3 Å². The highest BCUT2D eigenvalue weighted by molar-refractivity contribution is 6.30. The summed E-state index contributed by atoms with van der Waals surface area (Å²) in [6, 6.07) is 14.2. The molecule has 4 rings (SSSR count). The van der Waals surface area contributed by atoms with Crippen LogP contribution in [0.15, 0.2) is 48.5 Å². The lowest BCUT2D eigenvalue weighted by atomic mass is 9.71. The number of hydrogen-bond acceptors (Lipinski definition) is 4. The molecule has 0 radical (unpaired) electrons. The molecule has 2 aromatic carbocycles. The summed E-state index contributed by atoms with van der Waals surface area (Å²) < 4.78 is 0. The maximum absolute atomic E-state index is 14.1. The van der Waals surface area contributed by atoms with Gasteiger partial charge in [0.25, 0.3) is 0 Å². The fourth-order valence-electron chi connectivity index (χ4n) is 6.58. The molecule has 3 amide bonds. The summed E-state index contributed by atoms with van der Waals surface area (Å²) in [6.45, 7) is 11.2. The zero-order chi connectivity index (χ0) is 30.7. The second-order valence-electron chi connectivity index (χ2n) is 13.7. The number of amides is 3. The van der Waals surface area contributed by atoms with Crippen LogP contribution >= 0.6 is 11.6 Å². The van der Waals surface area contributed by atoms with E-state index in [1.54, 1.807) is 12.1 Å². The van der Waals surface area contributed by atoms with Gasteiger partial charge in [0.1, 0.15) is 6.04 Å². The summed E-state index contributed by atoms with van der Waals surface area (Å²) >= 11 is 6.11. The zero-order valence-electron chi connectivity index (χ0n) is 25.7. The first-order valence-electron chi connectivity index (χ1n) is 15.3. The van der Waals surface area contributed by atoms with Gasteiger partial charge in [-0.05, 0) is 87.6 Å². The lowest BCUT2D eigenvalue weighted by Gasteiger charge is -2.43. The Labute approximate surface area is 255 Å². The van der Waals surface area contributed by atoms with E-state index in [1.165, 1.54) is 5.56 Å². The molecular formula is C34H47ClN4O3. The Morgan fingerprint density at radius 1 is 1.05 bits per heavy atom. The molecule has 0 bridgehead atoms. The summed E-state index contributed by atoms with van der Waals surface area (Å²) in [4.78, 5) is 43.0. The van der Waals surface area contributed by atoms with Crippen LogP contribution in [0.25, 0.3) is 0 Å². The second kappa shape index (κ2) is 13.2. The van der Waals surface area contributed by atoms with E-state index in [1.807, 2.05) is 56.0 Å². The van der Waals surface area contributed by atoms with Crippen LogP contribution < -0.4 is 16.4 Å². The summed E-state index contributed by atoms with van der Waals surface area (Å²) in [7, 11) is 0. The van der Waals surface area contributed by atoms with Crippen molar-refractivity contribution in [2.75, 3.05) is 13.1 Å². The number of carbonyl (C=O) groups excluding carboxylic acids is 3.